The van der Waals surface area contributed by atoms with Crippen LogP contribution in [0.2, 0.25) is 0 Å². The number of fused-ring (bicyclic) bond motifs is 1. The summed E-state index contributed by atoms with van der Waals surface area (Å²) in [5.41, 5.74) is 0.931. The van der Waals surface area contributed by atoms with Crippen molar-refractivity contribution in [2.45, 2.75) is 5.60 Å². The third-order valence-electron chi connectivity index (χ3n) is 5.50. The number of carbonyl (C=O) groups excluding carboxylic acids is 1. The number of likely N-dealkylation sites (N-methyl/N-ethyl adjacent to an activating group) is 1. The molecule has 8 nitrogen and oxygen atoms in total. The van der Waals surface area contributed by atoms with E-state index in [4.69, 9.17) is 9.47 Å². The zero-order chi connectivity index (χ0) is 21.8. The molecule has 1 N–H and O–H groups in total. The van der Waals surface area contributed by atoms with Crippen LogP contribution in [0.25, 0.3) is 10.9 Å². The summed E-state index contributed by atoms with van der Waals surface area (Å²) in [5.74, 6) is 0.489. The van der Waals surface area contributed by atoms with Gasteiger partial charge in [-0.1, -0.05) is 15.9 Å². The molecule has 1 aromatic heterocycles. The first-order chi connectivity index (χ1) is 14.9. The van der Waals surface area contributed by atoms with Crippen LogP contribution in [0.3, 0.4) is 0 Å². The number of ether oxygens (including phenoxy) is 2. The van der Waals surface area contributed by atoms with Gasteiger partial charge in [-0.05, 0) is 31.3 Å². The van der Waals surface area contributed by atoms with E-state index in [1.54, 1.807) is 29.2 Å². The summed E-state index contributed by atoms with van der Waals surface area (Å²) in [5, 5.41) is 3.65. The SMILES string of the molecule is COc1cc2ncnc(Nc3ccc(Br)cc3F)c2cc1N1CC2(CN(C)C2)OC1=O. The van der Waals surface area contributed by atoms with Crippen LogP contribution in [0.5, 0.6) is 5.75 Å². The Morgan fingerprint density at radius 1 is 1.23 bits per heavy atom. The van der Waals surface area contributed by atoms with Crippen molar-refractivity contribution in [3.05, 3.63) is 46.9 Å². The van der Waals surface area contributed by atoms with E-state index in [0.29, 0.717) is 52.3 Å². The number of nitrogens with one attached hydrogen (secondary N) is 1. The van der Waals surface area contributed by atoms with Crippen LogP contribution in [0.15, 0.2) is 41.1 Å². The fourth-order valence-electron chi connectivity index (χ4n) is 4.18. The second kappa shape index (κ2) is 7.31. The van der Waals surface area contributed by atoms with Gasteiger partial charge < -0.3 is 14.8 Å². The number of hydrogen-bond donors (Lipinski definition) is 1. The van der Waals surface area contributed by atoms with Gasteiger partial charge in [0.05, 0.1) is 30.5 Å². The Hall–Kier alpha value is -2.98. The van der Waals surface area contributed by atoms with Crippen molar-refractivity contribution in [2.24, 2.45) is 0 Å². The lowest BCUT2D eigenvalue weighted by Gasteiger charge is -2.43. The van der Waals surface area contributed by atoms with Gasteiger partial charge in [0.25, 0.3) is 0 Å². The van der Waals surface area contributed by atoms with Crippen LogP contribution in [0.1, 0.15) is 0 Å². The van der Waals surface area contributed by atoms with Crippen molar-refractivity contribution in [3.63, 3.8) is 0 Å². The molecule has 2 aliphatic heterocycles. The van der Waals surface area contributed by atoms with E-state index < -0.39 is 17.5 Å². The number of likely N-dealkylation sites (tertiary alicyclic amines) is 1. The molecule has 31 heavy (non-hydrogen) atoms. The Bertz CT molecular complexity index is 1200. The second-order valence-corrected chi connectivity index (χ2v) is 8.74. The largest absolute Gasteiger partial charge is 0.494 e. The fourth-order valence-corrected chi connectivity index (χ4v) is 4.51. The lowest BCUT2D eigenvalue weighted by Crippen LogP contribution is -2.62. The molecule has 0 bridgehead atoms. The van der Waals surface area contributed by atoms with Gasteiger partial charge in [0.1, 0.15) is 23.7 Å². The maximum Gasteiger partial charge on any atom is 0.415 e. The van der Waals surface area contributed by atoms with Crippen molar-refractivity contribution >= 4 is 50.1 Å². The van der Waals surface area contributed by atoms with E-state index in [9.17, 15) is 9.18 Å². The first-order valence-electron chi connectivity index (χ1n) is 9.61. The number of halogens is 2. The molecule has 160 valence electrons. The number of aromatic nitrogens is 2. The smallest absolute Gasteiger partial charge is 0.415 e. The van der Waals surface area contributed by atoms with E-state index in [1.807, 2.05) is 7.05 Å². The van der Waals surface area contributed by atoms with Crippen LogP contribution in [-0.2, 0) is 4.74 Å². The fraction of sp³-hybridized carbons (Fsp3) is 0.286. The van der Waals surface area contributed by atoms with Crippen LogP contribution >= 0.6 is 15.9 Å². The topological polar surface area (TPSA) is 79.8 Å². The first kappa shape index (κ1) is 20.0. The zero-order valence-corrected chi connectivity index (χ0v) is 18.4. The predicted octanol–water partition coefficient (Wildman–Crippen LogP) is 3.92. The molecule has 1 spiro atoms. The molecule has 5 rings (SSSR count). The number of hydrogen-bond acceptors (Lipinski definition) is 7. The van der Waals surface area contributed by atoms with Gasteiger partial charge in [0.15, 0.2) is 5.60 Å². The third kappa shape index (κ3) is 3.45. The number of rotatable bonds is 4. The molecule has 3 heterocycles. The molecule has 10 heteroatoms. The minimum Gasteiger partial charge on any atom is -0.494 e. The number of benzene rings is 2. The van der Waals surface area contributed by atoms with Crippen molar-refractivity contribution in [3.8, 4) is 5.75 Å². The predicted molar refractivity (Wildman–Crippen MR) is 118 cm³/mol. The number of methoxy groups -OCH3 is 1. The number of nitrogens with zero attached hydrogens (tertiary/aromatic N) is 4. The number of anilines is 3. The minimum atomic E-state index is -0.499. The molecular formula is C21H19BrFN5O3. The molecule has 0 saturated carbocycles. The van der Waals surface area contributed by atoms with E-state index in [-0.39, 0.29) is 5.69 Å². The summed E-state index contributed by atoms with van der Waals surface area (Å²) in [6.07, 6.45) is 0.972. The van der Waals surface area contributed by atoms with Gasteiger partial charge in [-0.2, -0.15) is 0 Å². The van der Waals surface area contributed by atoms with E-state index in [0.717, 1.165) is 0 Å². The molecule has 3 aromatic rings. The third-order valence-corrected chi connectivity index (χ3v) is 5.99. The Balaban J connectivity index is 1.56. The highest BCUT2D eigenvalue weighted by Gasteiger charge is 2.53. The van der Waals surface area contributed by atoms with Crippen LogP contribution < -0.4 is 15.0 Å². The van der Waals surface area contributed by atoms with Crippen LogP contribution in [0, 0.1) is 5.82 Å². The van der Waals surface area contributed by atoms with Crippen molar-refractivity contribution in [2.75, 3.05) is 44.0 Å². The summed E-state index contributed by atoms with van der Waals surface area (Å²) < 4.78 is 26.2. The van der Waals surface area contributed by atoms with Gasteiger partial charge in [-0.25, -0.2) is 19.2 Å². The van der Waals surface area contributed by atoms with Gasteiger partial charge >= 0.3 is 6.09 Å². The minimum absolute atomic E-state index is 0.276. The molecule has 2 fully saturated rings. The average Bonchev–Trinajstić information content (AvgIpc) is 3.06. The van der Waals surface area contributed by atoms with E-state index in [1.165, 1.54) is 19.5 Å². The lowest BCUT2D eigenvalue weighted by atomic mass is 9.95. The normalized spacial score (nSPS) is 17.7. The monoisotopic (exact) mass is 487 g/mol. The van der Waals surface area contributed by atoms with E-state index >= 15 is 0 Å². The Labute approximate surface area is 186 Å². The molecule has 0 unspecified atom stereocenters. The molecule has 2 aliphatic rings. The molecule has 1 amide bonds. The second-order valence-electron chi connectivity index (χ2n) is 7.82. The highest BCUT2D eigenvalue weighted by Crippen LogP contribution is 2.41. The Kier molecular flexibility index (Phi) is 4.71. The molecule has 0 aliphatic carbocycles. The number of carbonyl (C=O) groups is 1. The van der Waals surface area contributed by atoms with E-state index in [2.05, 4.69) is 36.1 Å². The molecule has 0 radical (unpaired) electrons. The lowest BCUT2D eigenvalue weighted by molar-refractivity contribution is -0.0599. The van der Waals surface area contributed by atoms with Gasteiger partial charge in [-0.3, -0.25) is 9.80 Å². The molecule has 2 saturated heterocycles. The Morgan fingerprint density at radius 2 is 2.03 bits per heavy atom. The van der Waals surface area contributed by atoms with Crippen molar-refractivity contribution in [1.29, 1.82) is 0 Å². The maximum atomic E-state index is 14.4. The summed E-state index contributed by atoms with van der Waals surface area (Å²) in [7, 11) is 3.52. The number of amides is 1. The summed E-state index contributed by atoms with van der Waals surface area (Å²) >= 11 is 3.25. The van der Waals surface area contributed by atoms with Crippen LogP contribution in [0.4, 0.5) is 26.4 Å². The summed E-state index contributed by atoms with van der Waals surface area (Å²) in [6.45, 7) is 1.80. The standard InChI is InChI=1S/C21H19BrFN5O3/c1-27-8-21(9-27)10-28(20(29)31-21)17-6-13-16(7-18(17)30-2)24-11-25-19(13)26-15-4-3-12(22)5-14(15)23/h3-7,11H,8-10H2,1-2H3,(H,24,25,26). The zero-order valence-electron chi connectivity index (χ0n) is 16.9. The first-order valence-corrected chi connectivity index (χ1v) is 10.4. The van der Waals surface area contributed by atoms with Gasteiger partial charge in [0.2, 0.25) is 0 Å². The quantitative estimate of drug-likeness (QED) is 0.597. The van der Waals surface area contributed by atoms with Crippen molar-refractivity contribution in [1.82, 2.24) is 14.9 Å². The molecule has 0 atom stereocenters. The highest BCUT2D eigenvalue weighted by molar-refractivity contribution is 9.10. The summed E-state index contributed by atoms with van der Waals surface area (Å²) in [6, 6.07) is 8.23. The van der Waals surface area contributed by atoms with Gasteiger partial charge in [0, 0.05) is 29.0 Å². The summed E-state index contributed by atoms with van der Waals surface area (Å²) in [4.78, 5) is 24.9. The molecular weight excluding hydrogens is 469 g/mol. The van der Waals surface area contributed by atoms with Crippen molar-refractivity contribution < 1.29 is 18.7 Å². The average molecular weight is 488 g/mol. The maximum absolute atomic E-state index is 14.4. The highest BCUT2D eigenvalue weighted by atomic mass is 79.9. The molecule has 2 aromatic carbocycles. The van der Waals surface area contributed by atoms with Crippen LogP contribution in [-0.4, -0.2) is 60.4 Å². The van der Waals surface area contributed by atoms with Gasteiger partial charge in [-0.15, -0.1) is 0 Å². The Morgan fingerprint density at radius 3 is 2.74 bits per heavy atom.